The fraction of sp³-hybridized carbons (Fsp3) is 0.316. The van der Waals surface area contributed by atoms with Crippen LogP contribution in [0.1, 0.15) is 29.7 Å². The number of furan rings is 1. The van der Waals surface area contributed by atoms with E-state index in [-0.39, 0.29) is 11.5 Å². The molecule has 0 atom stereocenters. The molecule has 0 saturated carbocycles. The molecule has 2 aliphatic rings. The number of carbonyl (C=O) groups excluding carboxylic acids is 1. The smallest absolute Gasteiger partial charge is 0.246 e. The first-order valence-electron chi connectivity index (χ1n) is 8.00. The van der Waals surface area contributed by atoms with Gasteiger partial charge >= 0.3 is 0 Å². The van der Waals surface area contributed by atoms with Crippen molar-refractivity contribution in [3.63, 3.8) is 0 Å². The molecule has 1 amide bonds. The molecule has 0 radical (unpaired) electrons. The Hall–Kier alpha value is -2.33. The molecule has 1 spiro atoms. The molecule has 4 nitrogen and oxygen atoms in total. The second-order valence-corrected chi connectivity index (χ2v) is 6.11. The molecule has 1 fully saturated rings. The van der Waals surface area contributed by atoms with E-state index in [1.165, 1.54) is 11.1 Å². The van der Waals surface area contributed by atoms with Gasteiger partial charge in [-0.2, -0.15) is 0 Å². The molecule has 4 rings (SSSR count). The van der Waals surface area contributed by atoms with E-state index in [4.69, 9.17) is 9.15 Å². The molecule has 0 unspecified atom stereocenters. The summed E-state index contributed by atoms with van der Waals surface area (Å²) in [5.41, 5.74) is 2.39. The SMILES string of the molecule is O=C(C=Cc1ccco1)N1CCC2(CC1)OCc1ccccc12. The number of amides is 1. The van der Waals surface area contributed by atoms with Gasteiger partial charge in [-0.15, -0.1) is 0 Å². The standard InChI is InChI=1S/C19H19NO3/c21-18(8-7-16-5-3-13-22-16)20-11-9-19(10-12-20)17-6-2-1-4-15(17)14-23-19/h1-8,13H,9-12,14H2. The Kier molecular flexibility index (Phi) is 3.54. The number of benzene rings is 1. The summed E-state index contributed by atoms with van der Waals surface area (Å²) in [5, 5.41) is 0. The van der Waals surface area contributed by atoms with Crippen molar-refractivity contribution in [2.24, 2.45) is 0 Å². The van der Waals surface area contributed by atoms with Crippen molar-refractivity contribution in [2.45, 2.75) is 25.0 Å². The lowest BCUT2D eigenvalue weighted by atomic mass is 9.84. The van der Waals surface area contributed by atoms with Gasteiger partial charge in [0.2, 0.25) is 5.91 Å². The van der Waals surface area contributed by atoms with Crippen molar-refractivity contribution in [2.75, 3.05) is 13.1 Å². The fourth-order valence-corrected chi connectivity index (χ4v) is 3.53. The molecule has 0 N–H and O–H groups in total. The summed E-state index contributed by atoms with van der Waals surface area (Å²) in [6, 6.07) is 12.1. The van der Waals surface area contributed by atoms with Gasteiger partial charge < -0.3 is 14.1 Å². The number of likely N-dealkylation sites (tertiary alicyclic amines) is 1. The molecule has 23 heavy (non-hydrogen) atoms. The quantitative estimate of drug-likeness (QED) is 0.799. The Morgan fingerprint density at radius 3 is 2.74 bits per heavy atom. The Bertz CT molecular complexity index is 725. The normalized spacial score (nSPS) is 19.4. The molecule has 3 heterocycles. The summed E-state index contributed by atoms with van der Waals surface area (Å²) >= 11 is 0. The molecule has 118 valence electrons. The van der Waals surface area contributed by atoms with Crippen LogP contribution in [-0.2, 0) is 21.7 Å². The molecule has 2 aromatic rings. The number of carbonyl (C=O) groups is 1. The maximum Gasteiger partial charge on any atom is 0.246 e. The Morgan fingerprint density at radius 2 is 1.96 bits per heavy atom. The number of piperidine rings is 1. The molecule has 0 bridgehead atoms. The van der Waals surface area contributed by atoms with E-state index in [1.807, 2.05) is 17.0 Å². The van der Waals surface area contributed by atoms with E-state index in [2.05, 4.69) is 24.3 Å². The van der Waals surface area contributed by atoms with Crippen molar-refractivity contribution in [1.82, 2.24) is 4.90 Å². The number of hydrogen-bond donors (Lipinski definition) is 0. The third-order valence-corrected chi connectivity index (χ3v) is 4.83. The summed E-state index contributed by atoms with van der Waals surface area (Å²) < 4.78 is 11.3. The zero-order chi connectivity index (χ0) is 15.7. The predicted molar refractivity (Wildman–Crippen MR) is 86.5 cm³/mol. The highest BCUT2D eigenvalue weighted by Gasteiger charge is 2.42. The number of hydrogen-bond acceptors (Lipinski definition) is 3. The monoisotopic (exact) mass is 309 g/mol. The third-order valence-electron chi connectivity index (χ3n) is 4.83. The van der Waals surface area contributed by atoms with Crippen LogP contribution in [0.3, 0.4) is 0 Å². The number of ether oxygens (including phenoxy) is 1. The Labute approximate surface area is 135 Å². The van der Waals surface area contributed by atoms with Crippen LogP contribution in [0.2, 0.25) is 0 Å². The van der Waals surface area contributed by atoms with E-state index in [1.54, 1.807) is 18.4 Å². The second kappa shape index (κ2) is 5.70. The summed E-state index contributed by atoms with van der Waals surface area (Å²) in [7, 11) is 0. The van der Waals surface area contributed by atoms with Crippen molar-refractivity contribution < 1.29 is 13.9 Å². The Morgan fingerprint density at radius 1 is 1.13 bits per heavy atom. The van der Waals surface area contributed by atoms with Crippen LogP contribution < -0.4 is 0 Å². The molecular weight excluding hydrogens is 290 g/mol. The summed E-state index contributed by atoms with van der Waals surface area (Å²) in [6.45, 7) is 2.12. The fourth-order valence-electron chi connectivity index (χ4n) is 3.53. The minimum Gasteiger partial charge on any atom is -0.465 e. The minimum absolute atomic E-state index is 0.0301. The van der Waals surface area contributed by atoms with Crippen LogP contribution >= 0.6 is 0 Å². The van der Waals surface area contributed by atoms with Crippen LogP contribution in [0.5, 0.6) is 0 Å². The molecular formula is C19H19NO3. The largest absolute Gasteiger partial charge is 0.465 e. The van der Waals surface area contributed by atoms with Crippen LogP contribution in [0.25, 0.3) is 6.08 Å². The van der Waals surface area contributed by atoms with E-state index in [0.717, 1.165) is 25.9 Å². The van der Waals surface area contributed by atoms with Crippen LogP contribution in [-0.4, -0.2) is 23.9 Å². The lowest BCUT2D eigenvalue weighted by Gasteiger charge is -2.39. The van der Waals surface area contributed by atoms with Crippen molar-refractivity contribution >= 4 is 12.0 Å². The van der Waals surface area contributed by atoms with Gasteiger partial charge in [-0.3, -0.25) is 4.79 Å². The van der Waals surface area contributed by atoms with E-state index in [9.17, 15) is 4.79 Å². The highest BCUT2D eigenvalue weighted by atomic mass is 16.5. The lowest BCUT2D eigenvalue weighted by Crippen LogP contribution is -2.44. The van der Waals surface area contributed by atoms with Crippen LogP contribution in [0, 0.1) is 0 Å². The molecule has 4 heteroatoms. The first kappa shape index (κ1) is 14.3. The van der Waals surface area contributed by atoms with Gasteiger partial charge in [0.25, 0.3) is 0 Å². The zero-order valence-electron chi connectivity index (χ0n) is 12.9. The predicted octanol–water partition coefficient (Wildman–Crippen LogP) is 3.34. The molecule has 0 aliphatic carbocycles. The van der Waals surface area contributed by atoms with Crippen molar-refractivity contribution in [3.05, 3.63) is 65.6 Å². The summed E-state index contributed by atoms with van der Waals surface area (Å²) in [6.07, 6.45) is 6.60. The Balaban J connectivity index is 1.43. The number of rotatable bonds is 2. The van der Waals surface area contributed by atoms with Gasteiger partial charge in [-0.25, -0.2) is 0 Å². The third kappa shape index (κ3) is 2.59. The minimum atomic E-state index is -0.196. The van der Waals surface area contributed by atoms with Gasteiger partial charge in [0, 0.05) is 19.2 Å². The van der Waals surface area contributed by atoms with Gasteiger partial charge in [-0.1, -0.05) is 24.3 Å². The first-order chi connectivity index (χ1) is 11.3. The second-order valence-electron chi connectivity index (χ2n) is 6.11. The highest BCUT2D eigenvalue weighted by Crippen LogP contribution is 2.43. The van der Waals surface area contributed by atoms with Gasteiger partial charge in [-0.05, 0) is 42.2 Å². The van der Waals surface area contributed by atoms with Gasteiger partial charge in [0.05, 0.1) is 18.5 Å². The van der Waals surface area contributed by atoms with Crippen LogP contribution in [0.15, 0.2) is 53.2 Å². The van der Waals surface area contributed by atoms with E-state index in [0.29, 0.717) is 12.4 Å². The topological polar surface area (TPSA) is 42.7 Å². The average Bonchev–Trinajstić information content (AvgIpc) is 3.23. The molecule has 1 saturated heterocycles. The molecule has 1 aromatic heterocycles. The molecule has 1 aromatic carbocycles. The summed E-state index contributed by atoms with van der Waals surface area (Å²) in [5.74, 6) is 0.724. The highest BCUT2D eigenvalue weighted by molar-refractivity contribution is 5.91. The maximum atomic E-state index is 12.3. The number of fused-ring (bicyclic) bond motifs is 2. The van der Waals surface area contributed by atoms with E-state index >= 15 is 0 Å². The average molecular weight is 309 g/mol. The lowest BCUT2D eigenvalue weighted by molar-refractivity contribution is -0.133. The van der Waals surface area contributed by atoms with E-state index < -0.39 is 0 Å². The number of nitrogens with zero attached hydrogens (tertiary/aromatic N) is 1. The summed E-state index contributed by atoms with van der Waals surface area (Å²) in [4.78, 5) is 14.2. The van der Waals surface area contributed by atoms with Gasteiger partial charge in [0.15, 0.2) is 0 Å². The van der Waals surface area contributed by atoms with Crippen molar-refractivity contribution in [1.29, 1.82) is 0 Å². The zero-order valence-corrected chi connectivity index (χ0v) is 12.9. The molecule has 2 aliphatic heterocycles. The van der Waals surface area contributed by atoms with Crippen LogP contribution in [0.4, 0.5) is 0 Å². The maximum absolute atomic E-state index is 12.3. The van der Waals surface area contributed by atoms with Gasteiger partial charge in [0.1, 0.15) is 5.76 Å². The van der Waals surface area contributed by atoms with Crippen molar-refractivity contribution in [3.8, 4) is 0 Å². The first-order valence-corrected chi connectivity index (χ1v) is 8.00.